The molecule has 2 heterocycles. The average Bonchev–Trinajstić information content (AvgIpc) is 3.18. The summed E-state index contributed by atoms with van der Waals surface area (Å²) in [6.07, 6.45) is 0. The maximum absolute atomic E-state index is 6.02. The molecule has 2 aromatic heterocycles. The van der Waals surface area contributed by atoms with Crippen molar-refractivity contribution in [1.29, 1.82) is 0 Å². The predicted octanol–water partition coefficient (Wildman–Crippen LogP) is 3.92. The molecule has 0 fully saturated rings. The third kappa shape index (κ3) is 3.35. The van der Waals surface area contributed by atoms with Gasteiger partial charge in [-0.25, -0.2) is 4.98 Å². The van der Waals surface area contributed by atoms with Gasteiger partial charge in [0.25, 0.3) is 0 Å². The summed E-state index contributed by atoms with van der Waals surface area (Å²) in [4.78, 5) is 4.80. The second kappa shape index (κ2) is 6.26. The van der Waals surface area contributed by atoms with Crippen molar-refractivity contribution in [2.75, 3.05) is 6.54 Å². The molecule has 3 aromatic rings. The Kier molecular flexibility index (Phi) is 4.33. The van der Waals surface area contributed by atoms with Gasteiger partial charge in [-0.3, -0.25) is 5.10 Å². The Labute approximate surface area is 140 Å². The van der Waals surface area contributed by atoms with Gasteiger partial charge in [0, 0.05) is 28.6 Å². The largest absolute Gasteiger partial charge is 0.329 e. The molecule has 120 valence electrons. The first-order valence-corrected chi connectivity index (χ1v) is 8.63. The summed E-state index contributed by atoms with van der Waals surface area (Å²) >= 11 is 1.67. The summed E-state index contributed by atoms with van der Waals surface area (Å²) in [6, 6.07) is 12.2. The van der Waals surface area contributed by atoms with Crippen LogP contribution in [0.4, 0.5) is 0 Å². The number of aromatic amines is 1. The zero-order chi connectivity index (χ0) is 16.4. The van der Waals surface area contributed by atoms with Gasteiger partial charge in [0.1, 0.15) is 5.01 Å². The molecule has 3 N–H and O–H groups in total. The van der Waals surface area contributed by atoms with Gasteiger partial charge in [-0.05, 0) is 6.07 Å². The van der Waals surface area contributed by atoms with Crippen LogP contribution in [0.1, 0.15) is 43.1 Å². The number of hydrogen-bond donors (Lipinski definition) is 2. The molecule has 0 bridgehead atoms. The van der Waals surface area contributed by atoms with Crippen LogP contribution in [0.3, 0.4) is 0 Å². The summed E-state index contributed by atoms with van der Waals surface area (Å²) < 4.78 is 0. The highest BCUT2D eigenvalue weighted by molar-refractivity contribution is 7.09. The predicted molar refractivity (Wildman–Crippen MR) is 95.7 cm³/mol. The zero-order valence-corrected chi connectivity index (χ0v) is 14.5. The number of H-pyrrole nitrogens is 1. The van der Waals surface area contributed by atoms with Crippen LogP contribution in [0.25, 0.3) is 11.3 Å². The van der Waals surface area contributed by atoms with Crippen LogP contribution in [-0.4, -0.2) is 21.7 Å². The number of rotatable bonds is 4. The molecule has 1 aromatic carbocycles. The molecule has 1 atom stereocenters. The lowest BCUT2D eigenvalue weighted by molar-refractivity contribution is 0.569. The summed E-state index contributed by atoms with van der Waals surface area (Å²) in [5, 5.41) is 10.7. The smallest absolute Gasteiger partial charge is 0.103 e. The SMILES string of the molecule is CC(C)(C)c1csc(C(CN)c2cc(-c3ccccc3)n[nH]2)n1. The molecule has 0 aliphatic heterocycles. The molecule has 0 aliphatic rings. The van der Waals surface area contributed by atoms with Crippen LogP contribution in [0.15, 0.2) is 41.8 Å². The van der Waals surface area contributed by atoms with Gasteiger partial charge < -0.3 is 5.73 Å². The van der Waals surface area contributed by atoms with E-state index in [1.165, 1.54) is 0 Å². The lowest BCUT2D eigenvalue weighted by Gasteiger charge is -2.15. The van der Waals surface area contributed by atoms with E-state index in [2.05, 4.69) is 54.5 Å². The first kappa shape index (κ1) is 15.9. The van der Waals surface area contributed by atoms with Crippen molar-refractivity contribution < 1.29 is 0 Å². The minimum Gasteiger partial charge on any atom is -0.329 e. The Morgan fingerprint density at radius 2 is 1.96 bits per heavy atom. The van der Waals surface area contributed by atoms with Gasteiger partial charge >= 0.3 is 0 Å². The van der Waals surface area contributed by atoms with Crippen molar-refractivity contribution in [2.24, 2.45) is 5.73 Å². The van der Waals surface area contributed by atoms with Crippen LogP contribution < -0.4 is 5.73 Å². The Morgan fingerprint density at radius 1 is 1.22 bits per heavy atom. The fraction of sp³-hybridized carbons (Fsp3) is 0.333. The van der Waals surface area contributed by atoms with Gasteiger partial charge in [0.05, 0.1) is 17.3 Å². The van der Waals surface area contributed by atoms with Crippen LogP contribution in [0.2, 0.25) is 0 Å². The van der Waals surface area contributed by atoms with Crippen molar-refractivity contribution in [3.63, 3.8) is 0 Å². The molecule has 0 radical (unpaired) electrons. The molecule has 0 spiro atoms. The summed E-state index contributed by atoms with van der Waals surface area (Å²) in [6.45, 7) is 7.03. The monoisotopic (exact) mass is 326 g/mol. The fourth-order valence-electron chi connectivity index (χ4n) is 2.42. The fourth-order valence-corrected chi connectivity index (χ4v) is 3.60. The molecule has 0 saturated carbocycles. The van der Waals surface area contributed by atoms with Crippen molar-refractivity contribution in [2.45, 2.75) is 32.1 Å². The number of benzene rings is 1. The number of nitrogens with one attached hydrogen (secondary N) is 1. The van der Waals surface area contributed by atoms with Gasteiger partial charge in [-0.15, -0.1) is 11.3 Å². The van der Waals surface area contributed by atoms with Crippen molar-refractivity contribution >= 4 is 11.3 Å². The number of aromatic nitrogens is 3. The third-order valence-corrected chi connectivity index (χ3v) is 4.83. The van der Waals surface area contributed by atoms with Gasteiger partial charge in [-0.1, -0.05) is 51.1 Å². The lowest BCUT2D eigenvalue weighted by atomic mass is 9.93. The summed E-state index contributed by atoms with van der Waals surface area (Å²) in [7, 11) is 0. The molecule has 3 rings (SSSR count). The molecule has 23 heavy (non-hydrogen) atoms. The Bertz CT molecular complexity index is 768. The molecule has 0 saturated heterocycles. The highest BCUT2D eigenvalue weighted by Crippen LogP contribution is 2.31. The van der Waals surface area contributed by atoms with E-state index in [0.717, 1.165) is 27.7 Å². The number of nitrogens with two attached hydrogens (primary N) is 1. The molecular weight excluding hydrogens is 304 g/mol. The number of thiazole rings is 1. The van der Waals surface area contributed by atoms with E-state index >= 15 is 0 Å². The van der Waals surface area contributed by atoms with Crippen LogP contribution in [0.5, 0.6) is 0 Å². The summed E-state index contributed by atoms with van der Waals surface area (Å²) in [5.41, 5.74) is 10.2. The van der Waals surface area contributed by atoms with E-state index in [-0.39, 0.29) is 11.3 Å². The normalized spacial score (nSPS) is 13.2. The second-order valence-electron chi connectivity index (χ2n) is 6.68. The van der Waals surface area contributed by atoms with E-state index in [0.29, 0.717) is 6.54 Å². The minimum atomic E-state index is 0.0527. The molecule has 1 unspecified atom stereocenters. The molecule has 0 amide bonds. The standard InChI is InChI=1S/C18H22N4S/c1-18(2,3)16-11-23-17(20-16)13(10-19)15-9-14(21-22-15)12-7-5-4-6-8-12/h4-9,11,13H,10,19H2,1-3H3,(H,21,22). The number of hydrogen-bond acceptors (Lipinski definition) is 4. The molecule has 0 aliphatic carbocycles. The van der Waals surface area contributed by atoms with Crippen molar-refractivity contribution in [3.8, 4) is 11.3 Å². The Morgan fingerprint density at radius 3 is 2.57 bits per heavy atom. The maximum Gasteiger partial charge on any atom is 0.103 e. The average molecular weight is 326 g/mol. The second-order valence-corrected chi connectivity index (χ2v) is 7.57. The lowest BCUT2D eigenvalue weighted by Crippen LogP contribution is -2.16. The minimum absolute atomic E-state index is 0.0527. The Hall–Kier alpha value is -1.98. The van der Waals surface area contributed by atoms with Crippen molar-refractivity contribution in [1.82, 2.24) is 15.2 Å². The Balaban J connectivity index is 1.90. The number of nitrogens with zero attached hydrogens (tertiary/aromatic N) is 2. The molecule has 4 nitrogen and oxygen atoms in total. The van der Waals surface area contributed by atoms with E-state index in [9.17, 15) is 0 Å². The van der Waals surface area contributed by atoms with Crippen LogP contribution >= 0.6 is 11.3 Å². The quantitative estimate of drug-likeness (QED) is 0.763. The molecule has 5 heteroatoms. The highest BCUT2D eigenvalue weighted by atomic mass is 32.1. The maximum atomic E-state index is 6.02. The van der Waals surface area contributed by atoms with Crippen LogP contribution in [-0.2, 0) is 5.41 Å². The van der Waals surface area contributed by atoms with Crippen molar-refractivity contribution in [3.05, 3.63) is 58.2 Å². The first-order chi connectivity index (χ1) is 11.0. The van der Waals surface area contributed by atoms with Gasteiger partial charge in [-0.2, -0.15) is 5.10 Å². The van der Waals surface area contributed by atoms with E-state index in [1.807, 2.05) is 18.2 Å². The first-order valence-electron chi connectivity index (χ1n) is 7.75. The highest BCUT2D eigenvalue weighted by Gasteiger charge is 2.23. The third-order valence-electron chi connectivity index (χ3n) is 3.87. The van der Waals surface area contributed by atoms with Gasteiger partial charge in [0.15, 0.2) is 0 Å². The van der Waals surface area contributed by atoms with Gasteiger partial charge in [0.2, 0.25) is 0 Å². The van der Waals surface area contributed by atoms with Crippen LogP contribution in [0, 0.1) is 0 Å². The van der Waals surface area contributed by atoms with E-state index in [4.69, 9.17) is 10.7 Å². The van der Waals surface area contributed by atoms with E-state index in [1.54, 1.807) is 11.3 Å². The summed E-state index contributed by atoms with van der Waals surface area (Å²) in [5.74, 6) is 0.0565. The zero-order valence-electron chi connectivity index (χ0n) is 13.7. The topological polar surface area (TPSA) is 67.6 Å². The van der Waals surface area contributed by atoms with E-state index < -0.39 is 0 Å². The molecular formula is C18H22N4S.